The molecule has 4 N–H and O–H groups in total. The third kappa shape index (κ3) is 2.46. The molecule has 0 aliphatic carbocycles. The van der Waals surface area contributed by atoms with Crippen LogP contribution in [0.15, 0.2) is 30.3 Å². The average Bonchev–Trinajstić information content (AvgIpc) is 2.78. The second kappa shape index (κ2) is 5.28. The summed E-state index contributed by atoms with van der Waals surface area (Å²) in [6, 6.07) is 9.83. The molecule has 0 radical (unpaired) electrons. The number of anilines is 1. The summed E-state index contributed by atoms with van der Waals surface area (Å²) in [5.41, 5.74) is 8.25. The lowest BCUT2D eigenvalue weighted by molar-refractivity contribution is 0.0701. The number of amides is 1. The third-order valence-electron chi connectivity index (χ3n) is 2.55. The van der Waals surface area contributed by atoms with Gasteiger partial charge >= 0.3 is 0 Å². The highest BCUT2D eigenvalue weighted by Crippen LogP contribution is 2.09. The number of benzene rings is 1. The van der Waals surface area contributed by atoms with Gasteiger partial charge in [-0.2, -0.15) is 0 Å². The van der Waals surface area contributed by atoms with Crippen LogP contribution >= 0.6 is 0 Å². The van der Waals surface area contributed by atoms with Gasteiger partial charge in [0.25, 0.3) is 5.91 Å². The average molecular weight is 247 g/mol. The minimum Gasteiger partial charge on any atom is -0.382 e. The lowest BCUT2D eigenvalue weighted by Gasteiger charge is -2.03. The number of hydroxylamine groups is 1. The van der Waals surface area contributed by atoms with Crippen LogP contribution in [0.4, 0.5) is 5.82 Å². The van der Waals surface area contributed by atoms with Gasteiger partial charge in [-0.25, -0.2) is 10.2 Å². The molecule has 0 spiro atoms. The van der Waals surface area contributed by atoms with Crippen molar-refractivity contribution in [2.75, 3.05) is 5.73 Å². The second-order valence-corrected chi connectivity index (χ2v) is 3.72. The summed E-state index contributed by atoms with van der Waals surface area (Å²) in [5, 5.41) is 15.9. The van der Waals surface area contributed by atoms with E-state index in [1.807, 2.05) is 30.3 Å². The zero-order valence-corrected chi connectivity index (χ0v) is 9.58. The highest BCUT2D eigenvalue weighted by atomic mass is 16.5. The van der Waals surface area contributed by atoms with Crippen molar-refractivity contribution in [3.8, 4) is 0 Å². The fourth-order valence-electron chi connectivity index (χ4n) is 1.58. The SMILES string of the molecule is Nc1c(C(=O)NO)nnn1CCc1ccccc1. The van der Waals surface area contributed by atoms with Gasteiger partial charge in [-0.3, -0.25) is 10.0 Å². The summed E-state index contributed by atoms with van der Waals surface area (Å²) in [7, 11) is 0. The van der Waals surface area contributed by atoms with Gasteiger partial charge in [-0.1, -0.05) is 35.5 Å². The molecule has 1 amide bonds. The van der Waals surface area contributed by atoms with E-state index in [1.165, 1.54) is 10.2 Å². The number of carbonyl (C=O) groups is 1. The molecule has 7 nitrogen and oxygen atoms in total. The lowest BCUT2D eigenvalue weighted by Crippen LogP contribution is -2.20. The van der Waals surface area contributed by atoms with Crippen LogP contribution in [-0.4, -0.2) is 26.1 Å². The van der Waals surface area contributed by atoms with E-state index in [0.29, 0.717) is 6.54 Å². The van der Waals surface area contributed by atoms with Crippen LogP contribution in [0, 0.1) is 0 Å². The minimum atomic E-state index is -0.765. The largest absolute Gasteiger partial charge is 0.382 e. The van der Waals surface area contributed by atoms with Crippen molar-refractivity contribution in [2.24, 2.45) is 0 Å². The Labute approximate surface area is 103 Å². The Bertz CT molecular complexity index is 538. The molecule has 0 saturated carbocycles. The Morgan fingerprint density at radius 2 is 2.11 bits per heavy atom. The van der Waals surface area contributed by atoms with Crippen LogP contribution in [0.5, 0.6) is 0 Å². The normalized spacial score (nSPS) is 10.3. The first-order chi connectivity index (χ1) is 8.72. The molecule has 1 aromatic heterocycles. The van der Waals surface area contributed by atoms with Crippen molar-refractivity contribution in [2.45, 2.75) is 13.0 Å². The van der Waals surface area contributed by atoms with Crippen LogP contribution < -0.4 is 11.2 Å². The van der Waals surface area contributed by atoms with Gasteiger partial charge in [0.1, 0.15) is 0 Å². The smallest absolute Gasteiger partial charge is 0.299 e. The van der Waals surface area contributed by atoms with Gasteiger partial charge in [0, 0.05) is 6.54 Å². The summed E-state index contributed by atoms with van der Waals surface area (Å²) in [4.78, 5) is 11.2. The number of rotatable bonds is 4. The van der Waals surface area contributed by atoms with E-state index in [9.17, 15) is 4.79 Å². The number of nitrogens with two attached hydrogens (primary N) is 1. The Morgan fingerprint density at radius 3 is 2.78 bits per heavy atom. The molecule has 2 rings (SSSR count). The second-order valence-electron chi connectivity index (χ2n) is 3.72. The van der Waals surface area contributed by atoms with E-state index in [2.05, 4.69) is 10.3 Å². The monoisotopic (exact) mass is 247 g/mol. The van der Waals surface area contributed by atoms with E-state index in [1.54, 1.807) is 0 Å². The van der Waals surface area contributed by atoms with Gasteiger partial charge in [-0.05, 0) is 12.0 Å². The number of nitrogens with zero attached hydrogens (tertiary/aromatic N) is 3. The Morgan fingerprint density at radius 1 is 1.39 bits per heavy atom. The highest BCUT2D eigenvalue weighted by Gasteiger charge is 2.16. The van der Waals surface area contributed by atoms with Crippen molar-refractivity contribution in [3.05, 3.63) is 41.6 Å². The van der Waals surface area contributed by atoms with E-state index in [4.69, 9.17) is 10.9 Å². The predicted octanol–water partition coefficient (Wildman–Crippen LogP) is 0.222. The minimum absolute atomic E-state index is 0.0782. The molecule has 0 aliphatic rings. The van der Waals surface area contributed by atoms with Crippen molar-refractivity contribution >= 4 is 11.7 Å². The number of hydrogen-bond donors (Lipinski definition) is 3. The molecule has 0 saturated heterocycles. The maximum absolute atomic E-state index is 11.2. The first-order valence-corrected chi connectivity index (χ1v) is 5.39. The molecule has 18 heavy (non-hydrogen) atoms. The molecule has 0 bridgehead atoms. The van der Waals surface area contributed by atoms with E-state index < -0.39 is 5.91 Å². The molecule has 0 fully saturated rings. The molecule has 1 aromatic carbocycles. The summed E-state index contributed by atoms with van der Waals surface area (Å²) in [6.07, 6.45) is 0.731. The van der Waals surface area contributed by atoms with Gasteiger partial charge in [0.15, 0.2) is 11.5 Å². The maximum Gasteiger partial charge on any atom is 0.299 e. The molecule has 1 heterocycles. The predicted molar refractivity (Wildman–Crippen MR) is 63.8 cm³/mol. The number of nitrogen functional groups attached to an aromatic ring is 1. The molecule has 0 unspecified atom stereocenters. The zero-order chi connectivity index (χ0) is 13.0. The summed E-state index contributed by atoms with van der Waals surface area (Å²) in [5.74, 6) is -0.629. The molecule has 0 aliphatic heterocycles. The van der Waals surface area contributed by atoms with Crippen LogP contribution in [0.25, 0.3) is 0 Å². The van der Waals surface area contributed by atoms with E-state index in [0.717, 1.165) is 12.0 Å². The topological polar surface area (TPSA) is 106 Å². The maximum atomic E-state index is 11.2. The van der Waals surface area contributed by atoms with Gasteiger partial charge < -0.3 is 5.73 Å². The fourth-order valence-corrected chi connectivity index (χ4v) is 1.58. The first kappa shape index (κ1) is 12.1. The number of aromatic nitrogens is 3. The number of nitrogens with one attached hydrogen (secondary N) is 1. The number of carbonyl (C=O) groups excluding carboxylic acids is 1. The van der Waals surface area contributed by atoms with Gasteiger partial charge in [0.05, 0.1) is 0 Å². The molecule has 7 heteroatoms. The Balaban J connectivity index is 2.07. The third-order valence-corrected chi connectivity index (χ3v) is 2.55. The molecule has 94 valence electrons. The van der Waals surface area contributed by atoms with Crippen LogP contribution in [-0.2, 0) is 13.0 Å². The van der Waals surface area contributed by atoms with E-state index >= 15 is 0 Å². The number of aryl methyl sites for hydroxylation is 2. The highest BCUT2D eigenvalue weighted by molar-refractivity contribution is 5.95. The van der Waals surface area contributed by atoms with Crippen LogP contribution in [0.1, 0.15) is 16.1 Å². The number of hydrogen-bond acceptors (Lipinski definition) is 5. The van der Waals surface area contributed by atoms with Crippen molar-refractivity contribution in [1.29, 1.82) is 0 Å². The lowest BCUT2D eigenvalue weighted by atomic mass is 10.1. The standard InChI is InChI=1S/C11H13N5O2/c12-10-9(11(17)14-18)13-15-16(10)7-6-8-4-2-1-3-5-8/h1-5,18H,6-7,12H2,(H,14,17). The Hall–Kier alpha value is -2.41. The molecule has 2 aromatic rings. The summed E-state index contributed by atoms with van der Waals surface area (Å²) in [6.45, 7) is 0.515. The van der Waals surface area contributed by atoms with Crippen LogP contribution in [0.2, 0.25) is 0 Å². The molecule has 0 atom stereocenters. The zero-order valence-electron chi connectivity index (χ0n) is 9.58. The summed E-state index contributed by atoms with van der Waals surface area (Å²) >= 11 is 0. The Kier molecular flexibility index (Phi) is 3.54. The molecular weight excluding hydrogens is 234 g/mol. The van der Waals surface area contributed by atoms with E-state index in [-0.39, 0.29) is 11.5 Å². The van der Waals surface area contributed by atoms with Gasteiger partial charge in [-0.15, -0.1) is 5.10 Å². The van der Waals surface area contributed by atoms with Crippen LogP contribution in [0.3, 0.4) is 0 Å². The van der Waals surface area contributed by atoms with Crippen molar-refractivity contribution in [1.82, 2.24) is 20.5 Å². The first-order valence-electron chi connectivity index (χ1n) is 5.39. The van der Waals surface area contributed by atoms with Gasteiger partial charge in [0.2, 0.25) is 0 Å². The van der Waals surface area contributed by atoms with Crippen molar-refractivity contribution < 1.29 is 10.0 Å². The molecular formula is C11H13N5O2. The quantitative estimate of drug-likeness (QED) is 0.529. The fraction of sp³-hybridized carbons (Fsp3) is 0.182. The summed E-state index contributed by atoms with van der Waals surface area (Å²) < 4.78 is 1.43. The van der Waals surface area contributed by atoms with Crippen molar-refractivity contribution in [3.63, 3.8) is 0 Å².